The highest BCUT2D eigenvalue weighted by molar-refractivity contribution is 5.89. The lowest BCUT2D eigenvalue weighted by Gasteiger charge is -2.35. The number of rotatable bonds is 5. The van der Waals surface area contributed by atoms with E-state index in [1.54, 1.807) is 0 Å². The Morgan fingerprint density at radius 1 is 1.08 bits per heavy atom. The average molecular weight is 351 g/mol. The molecule has 1 saturated carbocycles. The smallest absolute Gasteiger partial charge is 0.243 e. The molecule has 4 nitrogen and oxygen atoms in total. The topological polar surface area (TPSA) is 49.4 Å². The molecule has 1 saturated heterocycles. The molecule has 0 spiro atoms. The van der Waals surface area contributed by atoms with E-state index in [1.165, 1.54) is 32.1 Å². The maximum absolute atomic E-state index is 12.9. The molecule has 0 aromatic carbocycles. The highest BCUT2D eigenvalue weighted by Crippen LogP contribution is 2.31. The van der Waals surface area contributed by atoms with E-state index in [-0.39, 0.29) is 35.2 Å². The van der Waals surface area contributed by atoms with Crippen LogP contribution in [0.4, 0.5) is 0 Å². The maximum Gasteiger partial charge on any atom is 0.243 e. The van der Waals surface area contributed by atoms with E-state index >= 15 is 0 Å². The van der Waals surface area contributed by atoms with Gasteiger partial charge in [0.05, 0.1) is 0 Å². The summed E-state index contributed by atoms with van der Waals surface area (Å²) in [5.74, 6) is 0.753. The SMILES string of the molecule is CC[C@@H](NC(=O)[C@@H]1CCCN1C(=O)[C@@H](C)C(C)(C)C)C1CCCCC1. The van der Waals surface area contributed by atoms with Crippen molar-refractivity contribution in [1.82, 2.24) is 10.2 Å². The van der Waals surface area contributed by atoms with Gasteiger partial charge in [0.2, 0.25) is 11.8 Å². The minimum atomic E-state index is -0.269. The number of hydrogen-bond donors (Lipinski definition) is 1. The van der Waals surface area contributed by atoms with Crippen LogP contribution in [0.25, 0.3) is 0 Å². The molecule has 144 valence electrons. The van der Waals surface area contributed by atoms with Crippen LogP contribution in [0.2, 0.25) is 0 Å². The molecule has 25 heavy (non-hydrogen) atoms. The number of nitrogens with zero attached hydrogens (tertiary/aromatic N) is 1. The summed E-state index contributed by atoms with van der Waals surface area (Å²) in [7, 11) is 0. The number of likely N-dealkylation sites (tertiary alicyclic amines) is 1. The van der Waals surface area contributed by atoms with Crippen LogP contribution >= 0.6 is 0 Å². The fourth-order valence-corrected chi connectivity index (χ4v) is 4.29. The summed E-state index contributed by atoms with van der Waals surface area (Å²) in [4.78, 5) is 27.7. The van der Waals surface area contributed by atoms with Gasteiger partial charge in [-0.1, -0.05) is 53.9 Å². The normalized spacial score (nSPS) is 24.8. The minimum absolute atomic E-state index is 0.0683. The second-order valence-corrected chi connectivity index (χ2v) is 9.20. The zero-order chi connectivity index (χ0) is 18.6. The molecule has 0 unspecified atom stereocenters. The van der Waals surface area contributed by atoms with Crippen molar-refractivity contribution in [2.45, 2.75) is 98.1 Å². The lowest BCUT2D eigenvalue weighted by Crippen LogP contribution is -2.52. The third-order valence-electron chi connectivity index (χ3n) is 6.49. The van der Waals surface area contributed by atoms with Crippen LogP contribution < -0.4 is 5.32 Å². The molecular weight excluding hydrogens is 312 g/mol. The van der Waals surface area contributed by atoms with E-state index in [4.69, 9.17) is 0 Å². The largest absolute Gasteiger partial charge is 0.351 e. The average Bonchev–Trinajstić information content (AvgIpc) is 3.08. The third-order valence-corrected chi connectivity index (χ3v) is 6.49. The predicted octanol–water partition coefficient (Wildman–Crippen LogP) is 4.13. The Bertz CT molecular complexity index is 463. The molecule has 0 aromatic heterocycles. The molecule has 4 heteroatoms. The number of nitrogens with one attached hydrogen (secondary N) is 1. The first-order valence-electron chi connectivity index (χ1n) is 10.4. The fraction of sp³-hybridized carbons (Fsp3) is 0.905. The van der Waals surface area contributed by atoms with Gasteiger partial charge in [0.1, 0.15) is 6.04 Å². The zero-order valence-electron chi connectivity index (χ0n) is 16.9. The molecule has 2 amide bonds. The minimum Gasteiger partial charge on any atom is -0.351 e. The number of amides is 2. The molecule has 2 aliphatic rings. The second-order valence-electron chi connectivity index (χ2n) is 9.20. The van der Waals surface area contributed by atoms with E-state index in [0.717, 1.165) is 25.8 Å². The van der Waals surface area contributed by atoms with E-state index in [0.29, 0.717) is 5.92 Å². The van der Waals surface area contributed by atoms with Crippen LogP contribution in [0.1, 0.15) is 86.0 Å². The summed E-state index contributed by atoms with van der Waals surface area (Å²) in [6.45, 7) is 11.2. The Kier molecular flexibility index (Phi) is 6.93. The molecule has 1 aliphatic heterocycles. The van der Waals surface area contributed by atoms with Gasteiger partial charge in [-0.15, -0.1) is 0 Å². The summed E-state index contributed by atoms with van der Waals surface area (Å²) < 4.78 is 0. The van der Waals surface area contributed by atoms with Crippen molar-refractivity contribution in [3.05, 3.63) is 0 Å². The van der Waals surface area contributed by atoms with Crippen LogP contribution in [0.15, 0.2) is 0 Å². The molecule has 2 rings (SSSR count). The predicted molar refractivity (Wildman–Crippen MR) is 102 cm³/mol. The van der Waals surface area contributed by atoms with E-state index < -0.39 is 0 Å². The second kappa shape index (κ2) is 8.55. The van der Waals surface area contributed by atoms with Gasteiger partial charge >= 0.3 is 0 Å². The van der Waals surface area contributed by atoms with Crippen LogP contribution in [-0.2, 0) is 9.59 Å². The van der Waals surface area contributed by atoms with Crippen molar-refractivity contribution in [1.29, 1.82) is 0 Å². The quantitative estimate of drug-likeness (QED) is 0.810. The molecule has 2 fully saturated rings. The first-order valence-corrected chi connectivity index (χ1v) is 10.4. The van der Waals surface area contributed by atoms with Crippen LogP contribution in [-0.4, -0.2) is 35.3 Å². The summed E-state index contributed by atoms with van der Waals surface area (Å²) in [6.07, 6.45) is 9.07. The Hall–Kier alpha value is -1.06. The number of hydrogen-bond acceptors (Lipinski definition) is 2. The van der Waals surface area contributed by atoms with E-state index in [2.05, 4.69) is 33.0 Å². The van der Waals surface area contributed by atoms with Crippen molar-refractivity contribution < 1.29 is 9.59 Å². The maximum atomic E-state index is 12.9. The summed E-state index contributed by atoms with van der Waals surface area (Å²) in [5.41, 5.74) is -0.0747. The first kappa shape index (κ1) is 20.3. The number of carbonyl (C=O) groups excluding carboxylic acids is 2. The third kappa shape index (κ3) is 4.98. The Labute approximate surface area is 154 Å². The van der Waals surface area contributed by atoms with Crippen LogP contribution in [0, 0.1) is 17.3 Å². The molecule has 1 aliphatic carbocycles. The number of carbonyl (C=O) groups is 2. The molecule has 0 aromatic rings. The van der Waals surface area contributed by atoms with Gasteiger partial charge in [0.15, 0.2) is 0 Å². The highest BCUT2D eigenvalue weighted by Gasteiger charge is 2.39. The monoisotopic (exact) mass is 350 g/mol. The van der Waals surface area contributed by atoms with Crippen molar-refractivity contribution in [2.24, 2.45) is 17.3 Å². The Balaban J connectivity index is 2.00. The van der Waals surface area contributed by atoms with Crippen molar-refractivity contribution in [3.63, 3.8) is 0 Å². The first-order chi connectivity index (χ1) is 11.8. The molecule has 0 radical (unpaired) electrons. The van der Waals surface area contributed by atoms with Crippen LogP contribution in [0.3, 0.4) is 0 Å². The summed E-state index contributed by atoms with van der Waals surface area (Å²) >= 11 is 0. The van der Waals surface area contributed by atoms with Crippen molar-refractivity contribution in [2.75, 3.05) is 6.54 Å². The Morgan fingerprint density at radius 2 is 1.72 bits per heavy atom. The molecule has 3 atom stereocenters. The van der Waals surface area contributed by atoms with Gasteiger partial charge in [-0.05, 0) is 43.4 Å². The van der Waals surface area contributed by atoms with Gasteiger partial charge in [-0.2, -0.15) is 0 Å². The van der Waals surface area contributed by atoms with Gasteiger partial charge in [0, 0.05) is 18.5 Å². The molecule has 1 heterocycles. The van der Waals surface area contributed by atoms with Gasteiger partial charge in [0.25, 0.3) is 0 Å². The van der Waals surface area contributed by atoms with Gasteiger partial charge in [-0.25, -0.2) is 0 Å². The fourth-order valence-electron chi connectivity index (χ4n) is 4.29. The lowest BCUT2D eigenvalue weighted by molar-refractivity contribution is -0.144. The lowest BCUT2D eigenvalue weighted by atomic mass is 9.81. The standard InChI is InChI=1S/C21H38N2O2/c1-6-17(16-11-8-7-9-12-16)22-19(24)18-13-10-14-23(18)20(25)15(2)21(3,4)5/h15-18H,6-14H2,1-5H3,(H,22,24)/t15-,17-,18+/m1/s1. The van der Waals surface area contributed by atoms with Crippen LogP contribution in [0.5, 0.6) is 0 Å². The van der Waals surface area contributed by atoms with E-state index in [9.17, 15) is 9.59 Å². The van der Waals surface area contributed by atoms with Gasteiger partial charge in [-0.3, -0.25) is 9.59 Å². The van der Waals surface area contributed by atoms with Gasteiger partial charge < -0.3 is 10.2 Å². The van der Waals surface area contributed by atoms with Crippen molar-refractivity contribution in [3.8, 4) is 0 Å². The summed E-state index contributed by atoms with van der Waals surface area (Å²) in [5, 5.41) is 3.31. The zero-order valence-corrected chi connectivity index (χ0v) is 16.9. The summed E-state index contributed by atoms with van der Waals surface area (Å²) in [6, 6.07) is 0.000308. The highest BCUT2D eigenvalue weighted by atomic mass is 16.2. The molecule has 1 N–H and O–H groups in total. The van der Waals surface area contributed by atoms with E-state index in [1.807, 2.05) is 11.8 Å². The van der Waals surface area contributed by atoms with Crippen molar-refractivity contribution >= 4 is 11.8 Å². The Morgan fingerprint density at radius 3 is 2.28 bits per heavy atom. The molecule has 0 bridgehead atoms. The molecular formula is C21H38N2O2.